The predicted octanol–water partition coefficient (Wildman–Crippen LogP) is 3.14. The van der Waals surface area contributed by atoms with Gasteiger partial charge in [-0.25, -0.2) is 0 Å². The zero-order valence-electron chi connectivity index (χ0n) is 13.8. The average molecular weight is 304 g/mol. The van der Waals surface area contributed by atoms with E-state index in [1.807, 2.05) is 0 Å². The molecule has 3 heteroatoms. The minimum absolute atomic E-state index is 0.0546. The normalized spacial score (nSPS) is 54.6. The van der Waals surface area contributed by atoms with Gasteiger partial charge in [-0.1, -0.05) is 13.8 Å². The van der Waals surface area contributed by atoms with Crippen LogP contribution in [-0.2, 0) is 9.59 Å². The van der Waals surface area contributed by atoms with Crippen LogP contribution in [-0.4, -0.2) is 22.8 Å². The Morgan fingerprint density at radius 3 is 2.59 bits per heavy atom. The number of carbonyl (C=O) groups excluding carboxylic acids is 2. The summed E-state index contributed by atoms with van der Waals surface area (Å²) in [5, 5.41) is 10.0. The second-order valence-corrected chi connectivity index (χ2v) is 8.95. The molecule has 3 nitrogen and oxygen atoms in total. The van der Waals surface area contributed by atoms with Gasteiger partial charge in [-0.2, -0.15) is 0 Å². The van der Waals surface area contributed by atoms with Crippen molar-refractivity contribution in [2.45, 2.75) is 71.3 Å². The maximum absolute atomic E-state index is 12.8. The topological polar surface area (TPSA) is 54.4 Å². The van der Waals surface area contributed by atoms with Crippen molar-refractivity contribution in [2.75, 3.05) is 0 Å². The molecule has 4 aliphatic rings. The van der Waals surface area contributed by atoms with Crippen molar-refractivity contribution in [1.29, 1.82) is 0 Å². The van der Waals surface area contributed by atoms with Crippen LogP contribution in [0.2, 0.25) is 0 Å². The summed E-state index contributed by atoms with van der Waals surface area (Å²) >= 11 is 0. The van der Waals surface area contributed by atoms with E-state index in [4.69, 9.17) is 0 Å². The Kier molecular flexibility index (Phi) is 3.15. The van der Waals surface area contributed by atoms with Crippen molar-refractivity contribution < 1.29 is 14.7 Å². The minimum Gasteiger partial charge on any atom is -0.393 e. The lowest BCUT2D eigenvalue weighted by atomic mass is 9.45. The third-order valence-corrected chi connectivity index (χ3v) is 8.14. The van der Waals surface area contributed by atoms with Crippen molar-refractivity contribution in [3.8, 4) is 0 Å². The lowest BCUT2D eigenvalue weighted by Gasteiger charge is -2.59. The van der Waals surface area contributed by atoms with E-state index in [-0.39, 0.29) is 22.9 Å². The summed E-state index contributed by atoms with van der Waals surface area (Å²) in [6.45, 7) is 4.46. The molecule has 0 spiro atoms. The summed E-state index contributed by atoms with van der Waals surface area (Å²) in [5.41, 5.74) is -0.0922. The van der Waals surface area contributed by atoms with E-state index in [0.717, 1.165) is 38.5 Å². The van der Waals surface area contributed by atoms with E-state index in [1.165, 1.54) is 0 Å². The summed E-state index contributed by atoms with van der Waals surface area (Å²) in [6, 6.07) is 0. The van der Waals surface area contributed by atoms with Crippen molar-refractivity contribution in [2.24, 2.45) is 34.5 Å². The Morgan fingerprint density at radius 1 is 1.05 bits per heavy atom. The number of hydrogen-bond donors (Lipinski definition) is 1. The zero-order chi connectivity index (χ0) is 15.7. The van der Waals surface area contributed by atoms with E-state index < -0.39 is 0 Å². The van der Waals surface area contributed by atoms with Crippen molar-refractivity contribution in [3.05, 3.63) is 0 Å². The summed E-state index contributed by atoms with van der Waals surface area (Å²) < 4.78 is 0. The monoisotopic (exact) mass is 304 g/mol. The van der Waals surface area contributed by atoms with Crippen LogP contribution in [0.25, 0.3) is 0 Å². The Balaban J connectivity index is 1.69. The maximum Gasteiger partial charge on any atom is 0.139 e. The molecule has 1 N–H and O–H groups in total. The van der Waals surface area contributed by atoms with E-state index in [1.54, 1.807) is 0 Å². The predicted molar refractivity (Wildman–Crippen MR) is 83.1 cm³/mol. The Labute approximate surface area is 132 Å². The van der Waals surface area contributed by atoms with Crippen LogP contribution in [0.15, 0.2) is 0 Å². The van der Waals surface area contributed by atoms with E-state index in [0.29, 0.717) is 42.2 Å². The first kappa shape index (κ1) is 14.9. The molecule has 4 unspecified atom stereocenters. The van der Waals surface area contributed by atoms with E-state index >= 15 is 0 Å². The lowest BCUT2D eigenvalue weighted by molar-refractivity contribution is -0.160. The van der Waals surface area contributed by atoms with Gasteiger partial charge in [0, 0.05) is 24.2 Å². The quantitative estimate of drug-likeness (QED) is 0.748. The summed E-state index contributed by atoms with van der Waals surface area (Å²) in [5.74, 6) is 2.27. The molecule has 0 aliphatic heterocycles. The molecular weight excluding hydrogens is 276 g/mol. The van der Waals surface area contributed by atoms with Crippen LogP contribution in [0.1, 0.15) is 65.2 Å². The highest BCUT2D eigenvalue weighted by molar-refractivity contribution is 5.88. The van der Waals surface area contributed by atoms with Gasteiger partial charge in [0.25, 0.3) is 0 Å². The van der Waals surface area contributed by atoms with Gasteiger partial charge in [-0.3, -0.25) is 9.59 Å². The molecule has 0 aromatic rings. The zero-order valence-corrected chi connectivity index (χ0v) is 13.8. The molecule has 0 saturated heterocycles. The number of aliphatic hydroxyl groups is 1. The van der Waals surface area contributed by atoms with Crippen LogP contribution < -0.4 is 0 Å². The Morgan fingerprint density at radius 2 is 1.82 bits per heavy atom. The fraction of sp³-hybridized carbons (Fsp3) is 0.895. The molecule has 22 heavy (non-hydrogen) atoms. The maximum atomic E-state index is 12.8. The summed E-state index contributed by atoms with van der Waals surface area (Å²) in [7, 11) is 0. The summed E-state index contributed by atoms with van der Waals surface area (Å²) in [6.07, 6.45) is 6.67. The third kappa shape index (κ3) is 1.78. The lowest BCUT2D eigenvalue weighted by Crippen LogP contribution is -2.57. The molecule has 0 radical (unpaired) electrons. The number of ketones is 2. The number of Topliss-reactive ketones (excluding diaryl/α,β-unsaturated/α-hetero) is 2. The van der Waals surface area contributed by atoms with Crippen LogP contribution in [0, 0.1) is 34.5 Å². The van der Waals surface area contributed by atoms with Gasteiger partial charge in [0.05, 0.1) is 6.10 Å². The van der Waals surface area contributed by atoms with Crippen LogP contribution in [0.5, 0.6) is 0 Å². The first-order valence-corrected chi connectivity index (χ1v) is 9.10. The number of carbonyl (C=O) groups is 2. The van der Waals surface area contributed by atoms with E-state index in [9.17, 15) is 14.7 Å². The van der Waals surface area contributed by atoms with Gasteiger partial charge in [0.15, 0.2) is 0 Å². The smallest absolute Gasteiger partial charge is 0.139 e. The fourth-order valence-electron chi connectivity index (χ4n) is 6.79. The van der Waals surface area contributed by atoms with Crippen molar-refractivity contribution >= 4 is 11.6 Å². The molecule has 0 heterocycles. The van der Waals surface area contributed by atoms with Crippen LogP contribution in [0.3, 0.4) is 0 Å². The molecular formula is C19H28O3. The molecule has 0 aromatic carbocycles. The van der Waals surface area contributed by atoms with Crippen LogP contribution >= 0.6 is 0 Å². The van der Waals surface area contributed by atoms with E-state index in [2.05, 4.69) is 13.8 Å². The van der Waals surface area contributed by atoms with Gasteiger partial charge in [0.2, 0.25) is 0 Å². The number of aliphatic hydroxyl groups excluding tert-OH is 1. The van der Waals surface area contributed by atoms with Gasteiger partial charge in [0.1, 0.15) is 11.6 Å². The average Bonchev–Trinajstić information content (AvgIpc) is 2.77. The second-order valence-electron chi connectivity index (χ2n) is 8.95. The SMILES string of the molecule is C[C@@]12CC[C@@H](O)CC1C(=O)CC1C2CC[C@@]2(C)C(=O)CCC12. The Bertz CT molecular complexity index is 527. The molecule has 0 amide bonds. The highest BCUT2D eigenvalue weighted by Crippen LogP contribution is 2.64. The van der Waals surface area contributed by atoms with Crippen molar-refractivity contribution in [1.82, 2.24) is 0 Å². The second kappa shape index (κ2) is 4.66. The highest BCUT2D eigenvalue weighted by Gasteiger charge is 2.62. The van der Waals surface area contributed by atoms with Crippen molar-refractivity contribution in [3.63, 3.8) is 0 Å². The minimum atomic E-state index is -0.291. The molecule has 7 atom stereocenters. The highest BCUT2D eigenvalue weighted by atomic mass is 16.3. The van der Waals surface area contributed by atoms with Gasteiger partial charge in [-0.05, 0) is 61.7 Å². The standard InChI is InChI=1S/C19H28O3/c1-18-7-5-11(20)9-15(18)16(21)10-12-13-3-4-17(22)19(13,2)8-6-14(12)18/h11-15,20H,3-10H2,1-2H3/t11-,12?,13?,14?,15?,18+,19-/m1/s1. The third-order valence-electron chi connectivity index (χ3n) is 8.14. The number of hydrogen-bond acceptors (Lipinski definition) is 3. The van der Waals surface area contributed by atoms with Gasteiger partial charge < -0.3 is 5.11 Å². The largest absolute Gasteiger partial charge is 0.393 e. The number of fused-ring (bicyclic) bond motifs is 5. The van der Waals surface area contributed by atoms with Crippen LogP contribution in [0.4, 0.5) is 0 Å². The Hall–Kier alpha value is -0.700. The molecule has 4 aliphatic carbocycles. The van der Waals surface area contributed by atoms with Gasteiger partial charge in [-0.15, -0.1) is 0 Å². The molecule has 4 rings (SSSR count). The molecule has 4 saturated carbocycles. The first-order valence-electron chi connectivity index (χ1n) is 9.10. The molecule has 122 valence electrons. The number of rotatable bonds is 0. The molecule has 4 fully saturated rings. The van der Waals surface area contributed by atoms with Gasteiger partial charge >= 0.3 is 0 Å². The summed E-state index contributed by atoms with van der Waals surface area (Å²) in [4.78, 5) is 25.2. The molecule has 0 aromatic heterocycles. The molecule has 0 bridgehead atoms. The first-order chi connectivity index (χ1) is 10.4. The fourth-order valence-corrected chi connectivity index (χ4v) is 6.79.